The largest absolute Gasteiger partial charge is 0.493 e. The third kappa shape index (κ3) is 4.33. The molecule has 158 valence electrons. The highest BCUT2D eigenvalue weighted by atomic mass is 35.5. The van der Waals surface area contributed by atoms with E-state index in [4.69, 9.17) is 32.7 Å². The van der Waals surface area contributed by atoms with Crippen molar-refractivity contribution in [2.24, 2.45) is 0 Å². The van der Waals surface area contributed by atoms with Gasteiger partial charge in [-0.1, -0.05) is 29.3 Å². The monoisotopic (exact) mass is 454 g/mol. The molecule has 0 spiro atoms. The van der Waals surface area contributed by atoms with E-state index in [1.807, 2.05) is 48.5 Å². The third-order valence-corrected chi connectivity index (χ3v) is 5.53. The Morgan fingerprint density at radius 1 is 0.839 bits per heavy atom. The van der Waals surface area contributed by atoms with E-state index >= 15 is 0 Å². The van der Waals surface area contributed by atoms with E-state index in [0.29, 0.717) is 27.2 Å². The molecule has 1 aliphatic heterocycles. The lowest BCUT2D eigenvalue weighted by atomic mass is 10.1. The molecule has 0 aromatic heterocycles. The highest BCUT2D eigenvalue weighted by molar-refractivity contribution is 6.31. The van der Waals surface area contributed by atoms with Crippen molar-refractivity contribution in [1.29, 1.82) is 0 Å². The van der Waals surface area contributed by atoms with Gasteiger partial charge < -0.3 is 14.8 Å². The van der Waals surface area contributed by atoms with Gasteiger partial charge in [-0.15, -0.1) is 0 Å². The van der Waals surface area contributed by atoms with Crippen molar-refractivity contribution in [1.82, 2.24) is 0 Å². The van der Waals surface area contributed by atoms with Crippen LogP contribution in [0.2, 0.25) is 10.0 Å². The quantitative estimate of drug-likeness (QED) is 0.489. The van der Waals surface area contributed by atoms with Crippen LogP contribution >= 0.6 is 23.2 Å². The summed E-state index contributed by atoms with van der Waals surface area (Å²) in [5.74, 6) is 1.06. The van der Waals surface area contributed by atoms with Gasteiger partial charge in [-0.05, 0) is 72.3 Å². The van der Waals surface area contributed by atoms with Crippen molar-refractivity contribution in [2.45, 2.75) is 6.04 Å². The Labute approximate surface area is 190 Å². The molecule has 0 saturated heterocycles. The summed E-state index contributed by atoms with van der Waals surface area (Å²) >= 11 is 12.0. The molecular weight excluding hydrogens is 435 g/mol. The second-order valence-corrected chi connectivity index (χ2v) is 7.80. The first-order chi connectivity index (χ1) is 15.0. The van der Waals surface area contributed by atoms with E-state index in [0.717, 1.165) is 16.9 Å². The molecule has 1 unspecified atom stereocenters. The van der Waals surface area contributed by atoms with Crippen molar-refractivity contribution in [3.05, 3.63) is 94.1 Å². The first kappa shape index (κ1) is 21.1. The van der Waals surface area contributed by atoms with Crippen LogP contribution in [0.5, 0.6) is 11.5 Å². The summed E-state index contributed by atoms with van der Waals surface area (Å²) in [5.41, 5.74) is 2.86. The maximum Gasteiger partial charge on any atom is 0.275 e. The van der Waals surface area contributed by atoms with Crippen LogP contribution in [0.4, 0.5) is 11.4 Å². The molecular formula is C24H20Cl2N2O3. The lowest BCUT2D eigenvalue weighted by Gasteiger charge is -2.26. The number of nitrogens with zero attached hydrogens (tertiary/aromatic N) is 1. The molecule has 3 aromatic carbocycles. The number of halogens is 2. The Bertz CT molecular complexity index is 1130. The maximum absolute atomic E-state index is 13.4. The van der Waals surface area contributed by atoms with Gasteiger partial charge in [0.2, 0.25) is 0 Å². The molecule has 0 bridgehead atoms. The van der Waals surface area contributed by atoms with Crippen LogP contribution in [-0.4, -0.2) is 20.1 Å². The Morgan fingerprint density at radius 3 is 2.06 bits per heavy atom. The molecule has 4 rings (SSSR count). The van der Waals surface area contributed by atoms with Crippen molar-refractivity contribution in [2.75, 3.05) is 24.4 Å². The predicted molar refractivity (Wildman–Crippen MR) is 124 cm³/mol. The van der Waals surface area contributed by atoms with Gasteiger partial charge in [0.05, 0.1) is 20.3 Å². The molecule has 1 aliphatic rings. The lowest BCUT2D eigenvalue weighted by Crippen LogP contribution is -2.30. The molecule has 0 saturated carbocycles. The molecule has 1 heterocycles. The van der Waals surface area contributed by atoms with E-state index in [1.165, 1.54) is 0 Å². The van der Waals surface area contributed by atoms with Crippen LogP contribution < -0.4 is 19.7 Å². The van der Waals surface area contributed by atoms with Crippen LogP contribution in [0.1, 0.15) is 11.6 Å². The number of amides is 1. The predicted octanol–water partition coefficient (Wildman–Crippen LogP) is 6.09. The van der Waals surface area contributed by atoms with Gasteiger partial charge in [0.25, 0.3) is 5.91 Å². The summed E-state index contributed by atoms with van der Waals surface area (Å²) in [6, 6.07) is 19.7. The summed E-state index contributed by atoms with van der Waals surface area (Å²) in [4.78, 5) is 15.1. The van der Waals surface area contributed by atoms with Crippen LogP contribution in [0.3, 0.4) is 0 Å². The number of benzene rings is 3. The topological polar surface area (TPSA) is 50.8 Å². The van der Waals surface area contributed by atoms with Crippen molar-refractivity contribution in [3.8, 4) is 11.5 Å². The summed E-state index contributed by atoms with van der Waals surface area (Å²) < 4.78 is 10.8. The standard InChI is InChI=1S/C24H20Cl2N2O3/c1-30-22-12-3-15(13-23(22)31-2)21-14-20(27-18-8-4-16(25)5-9-18)24(29)28(21)19-10-6-17(26)7-11-19/h3-14,21,27H,1-2H3. The number of methoxy groups -OCH3 is 2. The van der Waals surface area contributed by atoms with Gasteiger partial charge >= 0.3 is 0 Å². The second kappa shape index (κ2) is 8.92. The number of rotatable bonds is 6. The summed E-state index contributed by atoms with van der Waals surface area (Å²) in [5, 5.41) is 4.44. The zero-order valence-corrected chi connectivity index (χ0v) is 18.4. The van der Waals surface area contributed by atoms with Crippen LogP contribution in [0.15, 0.2) is 78.5 Å². The number of nitrogens with one attached hydrogen (secondary N) is 1. The molecule has 3 aromatic rings. The van der Waals surface area contributed by atoms with Crippen LogP contribution in [-0.2, 0) is 4.79 Å². The first-order valence-corrected chi connectivity index (χ1v) is 10.3. The highest BCUT2D eigenvalue weighted by Gasteiger charge is 2.35. The zero-order valence-electron chi connectivity index (χ0n) is 16.9. The zero-order chi connectivity index (χ0) is 22.0. The number of anilines is 2. The van der Waals surface area contributed by atoms with E-state index in [9.17, 15) is 4.79 Å². The smallest absolute Gasteiger partial charge is 0.275 e. The van der Waals surface area contributed by atoms with Crippen molar-refractivity contribution >= 4 is 40.5 Å². The normalized spacial score (nSPS) is 15.6. The lowest BCUT2D eigenvalue weighted by molar-refractivity contribution is -0.114. The van der Waals surface area contributed by atoms with E-state index in [2.05, 4.69) is 5.32 Å². The Balaban J connectivity index is 1.75. The molecule has 31 heavy (non-hydrogen) atoms. The molecule has 5 nitrogen and oxygen atoms in total. The summed E-state index contributed by atoms with van der Waals surface area (Å²) in [6.07, 6.45) is 1.90. The van der Waals surface area contributed by atoms with Crippen molar-refractivity contribution in [3.63, 3.8) is 0 Å². The van der Waals surface area contributed by atoms with E-state index < -0.39 is 0 Å². The fraction of sp³-hybridized carbons (Fsp3) is 0.125. The van der Waals surface area contributed by atoms with Gasteiger partial charge in [-0.25, -0.2) is 0 Å². The fourth-order valence-corrected chi connectivity index (χ4v) is 3.76. The van der Waals surface area contributed by atoms with Crippen molar-refractivity contribution < 1.29 is 14.3 Å². The SMILES string of the molecule is COc1ccc(C2C=C(Nc3ccc(Cl)cc3)C(=O)N2c2ccc(Cl)cc2)cc1OC. The van der Waals surface area contributed by atoms with Gasteiger partial charge in [0.15, 0.2) is 11.5 Å². The summed E-state index contributed by atoms with van der Waals surface area (Å²) in [7, 11) is 3.17. The highest BCUT2D eigenvalue weighted by Crippen LogP contribution is 2.39. The molecule has 7 heteroatoms. The maximum atomic E-state index is 13.4. The minimum atomic E-state index is -0.344. The third-order valence-electron chi connectivity index (χ3n) is 5.03. The number of carbonyl (C=O) groups excluding carboxylic acids is 1. The van der Waals surface area contributed by atoms with Gasteiger partial charge in [0, 0.05) is 21.4 Å². The Kier molecular flexibility index (Phi) is 6.07. The number of hydrogen-bond acceptors (Lipinski definition) is 4. The number of hydrogen-bond donors (Lipinski definition) is 1. The average molecular weight is 455 g/mol. The van der Waals surface area contributed by atoms with Gasteiger partial charge in [0.1, 0.15) is 5.70 Å². The van der Waals surface area contributed by atoms with Crippen LogP contribution in [0, 0.1) is 0 Å². The van der Waals surface area contributed by atoms with Gasteiger partial charge in [-0.2, -0.15) is 0 Å². The fourth-order valence-electron chi connectivity index (χ4n) is 3.51. The number of ether oxygens (including phenoxy) is 2. The molecule has 1 N–H and O–H groups in total. The van der Waals surface area contributed by atoms with Gasteiger partial charge in [-0.3, -0.25) is 9.69 Å². The van der Waals surface area contributed by atoms with E-state index in [1.54, 1.807) is 43.4 Å². The number of carbonyl (C=O) groups is 1. The first-order valence-electron chi connectivity index (χ1n) is 9.55. The minimum absolute atomic E-state index is 0.156. The Morgan fingerprint density at radius 2 is 1.45 bits per heavy atom. The molecule has 1 atom stereocenters. The molecule has 0 fully saturated rings. The second-order valence-electron chi connectivity index (χ2n) is 6.92. The van der Waals surface area contributed by atoms with E-state index in [-0.39, 0.29) is 11.9 Å². The molecule has 0 radical (unpaired) electrons. The molecule has 1 amide bonds. The molecule has 0 aliphatic carbocycles. The average Bonchev–Trinajstić information content (AvgIpc) is 3.11. The summed E-state index contributed by atoms with van der Waals surface area (Å²) in [6.45, 7) is 0. The van der Waals surface area contributed by atoms with Crippen LogP contribution in [0.25, 0.3) is 0 Å². The Hall–Kier alpha value is -3.15. The minimum Gasteiger partial charge on any atom is -0.493 e.